The summed E-state index contributed by atoms with van der Waals surface area (Å²) in [6.45, 7) is 2.01. The van der Waals surface area contributed by atoms with E-state index in [0.717, 1.165) is 10.5 Å². The maximum atomic E-state index is 12.5. The summed E-state index contributed by atoms with van der Waals surface area (Å²) >= 11 is 1.64. The highest BCUT2D eigenvalue weighted by Crippen LogP contribution is 2.16. The zero-order valence-electron chi connectivity index (χ0n) is 15.3. The van der Waals surface area contributed by atoms with Gasteiger partial charge in [0.05, 0.1) is 4.92 Å². The first-order chi connectivity index (χ1) is 12.8. The van der Waals surface area contributed by atoms with E-state index in [1.54, 1.807) is 25.7 Å². The van der Waals surface area contributed by atoms with Gasteiger partial charge in [-0.3, -0.25) is 19.7 Å². The third-order valence-corrected chi connectivity index (χ3v) is 4.74. The van der Waals surface area contributed by atoms with E-state index in [1.807, 2.05) is 30.5 Å². The van der Waals surface area contributed by atoms with Crippen LogP contribution >= 0.6 is 11.8 Å². The minimum atomic E-state index is -0.757. The summed E-state index contributed by atoms with van der Waals surface area (Å²) in [4.78, 5) is 37.7. The second kappa shape index (κ2) is 9.18. The molecule has 0 saturated heterocycles. The molecule has 8 heteroatoms. The van der Waals surface area contributed by atoms with Crippen molar-refractivity contribution in [3.05, 3.63) is 69.8 Å². The Hall–Kier alpha value is -2.87. The van der Waals surface area contributed by atoms with Gasteiger partial charge in [0, 0.05) is 36.2 Å². The molecule has 0 aliphatic rings. The molecule has 0 aromatic heterocycles. The highest BCUT2D eigenvalue weighted by atomic mass is 32.2. The lowest BCUT2D eigenvalue weighted by Gasteiger charge is -2.22. The fourth-order valence-corrected chi connectivity index (χ4v) is 2.92. The molecule has 2 amide bonds. The Morgan fingerprint density at radius 1 is 1.22 bits per heavy atom. The normalized spacial score (nSPS) is 11.5. The van der Waals surface area contributed by atoms with Crippen LogP contribution in [0.5, 0.6) is 0 Å². The van der Waals surface area contributed by atoms with Crippen LogP contribution in [0, 0.1) is 10.1 Å². The van der Waals surface area contributed by atoms with Crippen molar-refractivity contribution in [3.63, 3.8) is 0 Å². The molecule has 2 rings (SSSR count). The monoisotopic (exact) mass is 387 g/mol. The van der Waals surface area contributed by atoms with Gasteiger partial charge in [0.25, 0.3) is 11.6 Å². The van der Waals surface area contributed by atoms with Crippen LogP contribution in [0.1, 0.15) is 22.8 Å². The SMILES string of the molecule is CSc1ccc(CN(C)C(=O)C(C)NC(=O)c2cccc([N+](=O)[O-])c2)cc1. The largest absolute Gasteiger partial charge is 0.341 e. The lowest BCUT2D eigenvalue weighted by atomic mass is 10.1. The first-order valence-corrected chi connectivity index (χ1v) is 9.47. The van der Waals surface area contributed by atoms with Crippen molar-refractivity contribution in [2.45, 2.75) is 24.4 Å². The van der Waals surface area contributed by atoms with Gasteiger partial charge in [-0.1, -0.05) is 18.2 Å². The molecule has 27 heavy (non-hydrogen) atoms. The lowest BCUT2D eigenvalue weighted by molar-refractivity contribution is -0.384. The minimum absolute atomic E-state index is 0.138. The average molecular weight is 387 g/mol. The second-order valence-electron chi connectivity index (χ2n) is 6.04. The van der Waals surface area contributed by atoms with Crippen molar-refractivity contribution in [1.29, 1.82) is 0 Å². The van der Waals surface area contributed by atoms with E-state index in [4.69, 9.17) is 0 Å². The van der Waals surface area contributed by atoms with Crippen molar-refractivity contribution < 1.29 is 14.5 Å². The van der Waals surface area contributed by atoms with Gasteiger partial charge in [-0.25, -0.2) is 0 Å². The highest BCUT2D eigenvalue weighted by molar-refractivity contribution is 7.98. The lowest BCUT2D eigenvalue weighted by Crippen LogP contribution is -2.45. The zero-order valence-corrected chi connectivity index (χ0v) is 16.2. The summed E-state index contributed by atoms with van der Waals surface area (Å²) in [5.41, 5.74) is 0.951. The number of nitrogens with zero attached hydrogens (tertiary/aromatic N) is 2. The first-order valence-electron chi connectivity index (χ1n) is 8.25. The van der Waals surface area contributed by atoms with Crippen LogP contribution in [-0.4, -0.2) is 41.0 Å². The number of carbonyl (C=O) groups excluding carboxylic acids is 2. The van der Waals surface area contributed by atoms with Crippen LogP contribution in [0.4, 0.5) is 5.69 Å². The van der Waals surface area contributed by atoms with E-state index in [1.165, 1.54) is 29.2 Å². The van der Waals surface area contributed by atoms with E-state index in [-0.39, 0.29) is 17.2 Å². The Kier molecular flexibility index (Phi) is 6.95. The summed E-state index contributed by atoms with van der Waals surface area (Å²) in [7, 11) is 1.67. The quantitative estimate of drug-likeness (QED) is 0.448. The van der Waals surface area contributed by atoms with Gasteiger partial charge < -0.3 is 10.2 Å². The molecular weight excluding hydrogens is 366 g/mol. The van der Waals surface area contributed by atoms with Gasteiger partial charge in [0.2, 0.25) is 5.91 Å². The maximum Gasteiger partial charge on any atom is 0.270 e. The van der Waals surface area contributed by atoms with Crippen molar-refractivity contribution >= 4 is 29.3 Å². The summed E-state index contributed by atoms with van der Waals surface area (Å²) in [5, 5.41) is 13.4. The third-order valence-electron chi connectivity index (χ3n) is 3.99. The minimum Gasteiger partial charge on any atom is -0.341 e. The van der Waals surface area contributed by atoms with Crippen LogP contribution in [0.2, 0.25) is 0 Å². The molecule has 0 fully saturated rings. The highest BCUT2D eigenvalue weighted by Gasteiger charge is 2.21. The molecule has 1 N–H and O–H groups in total. The van der Waals surface area contributed by atoms with E-state index >= 15 is 0 Å². The Morgan fingerprint density at radius 2 is 1.89 bits per heavy atom. The number of nitro benzene ring substituents is 1. The number of hydrogen-bond acceptors (Lipinski definition) is 5. The fraction of sp³-hybridized carbons (Fsp3) is 0.263. The van der Waals surface area contributed by atoms with E-state index in [2.05, 4.69) is 5.32 Å². The smallest absolute Gasteiger partial charge is 0.270 e. The van der Waals surface area contributed by atoms with Gasteiger partial charge in [-0.2, -0.15) is 0 Å². The number of amides is 2. The van der Waals surface area contributed by atoms with Gasteiger partial charge in [-0.15, -0.1) is 11.8 Å². The maximum absolute atomic E-state index is 12.5. The molecule has 2 aromatic rings. The number of non-ortho nitro benzene ring substituents is 1. The molecule has 0 aliphatic heterocycles. The molecule has 2 aromatic carbocycles. The zero-order chi connectivity index (χ0) is 20.0. The number of benzene rings is 2. The van der Waals surface area contributed by atoms with Crippen LogP contribution in [0.3, 0.4) is 0 Å². The number of hydrogen-bond donors (Lipinski definition) is 1. The predicted octanol–water partition coefficient (Wildman–Crippen LogP) is 3.09. The standard InChI is InChI=1S/C19H21N3O4S/c1-13(20-18(23)15-5-4-6-16(11-15)22(25)26)19(24)21(2)12-14-7-9-17(27-3)10-8-14/h4-11,13H,12H2,1-3H3,(H,20,23). The number of nitro groups is 1. The van der Waals surface area contributed by atoms with Crippen molar-refractivity contribution in [2.75, 3.05) is 13.3 Å². The Balaban J connectivity index is 1.98. The number of nitrogens with one attached hydrogen (secondary N) is 1. The molecule has 1 unspecified atom stereocenters. The average Bonchev–Trinajstić information content (AvgIpc) is 2.67. The van der Waals surface area contributed by atoms with Gasteiger partial charge >= 0.3 is 0 Å². The van der Waals surface area contributed by atoms with Crippen molar-refractivity contribution in [3.8, 4) is 0 Å². The number of thioether (sulfide) groups is 1. The fourth-order valence-electron chi connectivity index (χ4n) is 2.52. The molecule has 0 saturated carbocycles. The molecule has 0 radical (unpaired) electrons. The third kappa shape index (κ3) is 5.55. The second-order valence-corrected chi connectivity index (χ2v) is 6.92. The van der Waals surface area contributed by atoms with Gasteiger partial charge in [-0.05, 0) is 36.9 Å². The predicted molar refractivity (Wildman–Crippen MR) is 105 cm³/mol. The Morgan fingerprint density at radius 3 is 2.48 bits per heavy atom. The van der Waals surface area contributed by atoms with E-state index in [0.29, 0.717) is 6.54 Å². The van der Waals surface area contributed by atoms with Crippen molar-refractivity contribution in [1.82, 2.24) is 10.2 Å². The summed E-state index contributed by atoms with van der Waals surface area (Å²) in [6, 6.07) is 12.5. The van der Waals surface area contributed by atoms with Crippen molar-refractivity contribution in [2.24, 2.45) is 0 Å². The Bertz CT molecular complexity index is 839. The molecule has 142 valence electrons. The number of likely N-dealkylation sites (N-methyl/N-ethyl adjacent to an activating group) is 1. The molecule has 0 bridgehead atoms. The van der Waals surface area contributed by atoms with Crippen LogP contribution < -0.4 is 5.32 Å². The first kappa shape index (κ1) is 20.4. The molecule has 7 nitrogen and oxygen atoms in total. The summed E-state index contributed by atoms with van der Waals surface area (Å²) in [5.74, 6) is -0.778. The molecule has 1 atom stereocenters. The molecular formula is C19H21N3O4S. The number of rotatable bonds is 7. The molecule has 0 spiro atoms. The molecule has 0 heterocycles. The van der Waals surface area contributed by atoms with E-state index < -0.39 is 16.9 Å². The topological polar surface area (TPSA) is 92.6 Å². The Labute approximate surface area is 161 Å². The van der Waals surface area contributed by atoms with Gasteiger partial charge in [0.15, 0.2) is 0 Å². The number of carbonyl (C=O) groups is 2. The van der Waals surface area contributed by atoms with Crippen LogP contribution in [0.25, 0.3) is 0 Å². The summed E-state index contributed by atoms with van der Waals surface area (Å²) < 4.78 is 0. The summed E-state index contributed by atoms with van der Waals surface area (Å²) in [6.07, 6.45) is 2.00. The van der Waals surface area contributed by atoms with Gasteiger partial charge in [0.1, 0.15) is 6.04 Å². The molecule has 0 aliphatic carbocycles. The van der Waals surface area contributed by atoms with Crippen LogP contribution in [0.15, 0.2) is 53.4 Å². The van der Waals surface area contributed by atoms with E-state index in [9.17, 15) is 19.7 Å². The van der Waals surface area contributed by atoms with Crippen LogP contribution in [-0.2, 0) is 11.3 Å².